The minimum Gasteiger partial charge on any atom is -0.341 e. The van der Waals surface area contributed by atoms with Crippen LogP contribution in [0.15, 0.2) is 0 Å². The zero-order valence-electron chi connectivity index (χ0n) is 8.09. The summed E-state index contributed by atoms with van der Waals surface area (Å²) >= 11 is 1.74. The lowest BCUT2D eigenvalue weighted by molar-refractivity contribution is -0.129. The zero-order valence-corrected chi connectivity index (χ0v) is 8.91. The third kappa shape index (κ3) is 3.05. The maximum Gasteiger partial charge on any atom is 0.232 e. The van der Waals surface area contributed by atoms with E-state index in [2.05, 4.69) is 20.8 Å². The van der Waals surface area contributed by atoms with Gasteiger partial charge in [-0.3, -0.25) is 4.79 Å². The molecule has 0 atom stereocenters. The fourth-order valence-corrected chi connectivity index (χ4v) is 2.14. The number of hydrogen-bond donors (Lipinski definition) is 0. The van der Waals surface area contributed by atoms with Crippen molar-refractivity contribution in [2.24, 2.45) is 5.41 Å². The summed E-state index contributed by atoms with van der Waals surface area (Å²) in [6.45, 7) is 8.33. The van der Waals surface area contributed by atoms with Gasteiger partial charge < -0.3 is 4.90 Å². The predicted molar refractivity (Wildman–Crippen MR) is 53.4 cm³/mol. The van der Waals surface area contributed by atoms with Gasteiger partial charge in [0.15, 0.2) is 0 Å². The predicted octanol–water partition coefficient (Wildman–Crippen LogP) is 1.61. The van der Waals surface area contributed by atoms with E-state index in [1.54, 1.807) is 11.8 Å². The van der Waals surface area contributed by atoms with Gasteiger partial charge in [-0.15, -0.1) is 0 Å². The Bertz CT molecular complexity index is 174. The highest BCUT2D eigenvalue weighted by Gasteiger charge is 2.23. The van der Waals surface area contributed by atoms with Crippen molar-refractivity contribution in [3.63, 3.8) is 0 Å². The maximum absolute atomic E-state index is 11.4. The maximum atomic E-state index is 11.4. The molecule has 0 aromatic heterocycles. The third-order valence-corrected chi connectivity index (χ3v) is 2.67. The summed E-state index contributed by atoms with van der Waals surface area (Å²) in [5.74, 6) is 2.08. The molecular formula is C9H17NOS. The first kappa shape index (κ1) is 9.90. The number of nitrogens with zero attached hydrogens (tertiary/aromatic N) is 1. The van der Waals surface area contributed by atoms with Gasteiger partial charge in [-0.05, 0) is 5.41 Å². The fourth-order valence-electron chi connectivity index (χ4n) is 1.29. The second kappa shape index (κ2) is 3.69. The molecule has 0 bridgehead atoms. The molecule has 1 aliphatic rings. The topological polar surface area (TPSA) is 20.3 Å². The van der Waals surface area contributed by atoms with Gasteiger partial charge in [0.1, 0.15) is 0 Å². The first-order chi connectivity index (χ1) is 5.49. The molecule has 2 nitrogen and oxygen atoms in total. The Labute approximate surface area is 78.7 Å². The van der Waals surface area contributed by atoms with Gasteiger partial charge in [-0.2, -0.15) is 11.8 Å². The van der Waals surface area contributed by atoms with Crippen LogP contribution >= 0.6 is 11.8 Å². The molecule has 1 fully saturated rings. The monoisotopic (exact) mass is 187 g/mol. The number of hydrogen-bond acceptors (Lipinski definition) is 2. The second-order valence-electron chi connectivity index (χ2n) is 4.43. The summed E-state index contributed by atoms with van der Waals surface area (Å²) in [6.07, 6.45) is 0. The summed E-state index contributed by atoms with van der Waals surface area (Å²) in [6, 6.07) is 0. The third-order valence-electron chi connectivity index (χ3n) is 1.75. The molecule has 0 unspecified atom stereocenters. The molecule has 1 aliphatic heterocycles. The van der Waals surface area contributed by atoms with Crippen LogP contribution in [0.1, 0.15) is 20.8 Å². The van der Waals surface area contributed by atoms with Crippen LogP contribution in [0.2, 0.25) is 0 Å². The Kier molecular flexibility index (Phi) is 3.04. The molecular weight excluding hydrogens is 170 g/mol. The highest BCUT2D eigenvalue weighted by Crippen LogP contribution is 2.19. The van der Waals surface area contributed by atoms with Crippen molar-refractivity contribution in [2.75, 3.05) is 24.6 Å². The Morgan fingerprint density at radius 3 is 2.67 bits per heavy atom. The standard InChI is InChI=1S/C9H17NOS/c1-9(2,3)7-10-4-5-12-6-8(10)11/h4-7H2,1-3H3. The molecule has 0 saturated carbocycles. The molecule has 0 aliphatic carbocycles. The molecule has 1 amide bonds. The van der Waals surface area contributed by atoms with Gasteiger partial charge in [-0.1, -0.05) is 20.8 Å². The number of carbonyl (C=O) groups is 1. The number of rotatable bonds is 1. The average Bonchev–Trinajstić information content (AvgIpc) is 1.91. The first-order valence-electron chi connectivity index (χ1n) is 4.34. The van der Waals surface area contributed by atoms with E-state index in [9.17, 15) is 4.79 Å². The SMILES string of the molecule is CC(C)(C)CN1CCSCC1=O. The highest BCUT2D eigenvalue weighted by atomic mass is 32.2. The van der Waals surface area contributed by atoms with Crippen LogP contribution in [-0.2, 0) is 4.79 Å². The van der Waals surface area contributed by atoms with Crippen LogP contribution in [0.4, 0.5) is 0 Å². The van der Waals surface area contributed by atoms with E-state index in [1.165, 1.54) is 0 Å². The molecule has 0 aromatic rings. The molecule has 1 saturated heterocycles. The van der Waals surface area contributed by atoms with Gasteiger partial charge in [0.2, 0.25) is 5.91 Å². The molecule has 0 spiro atoms. The van der Waals surface area contributed by atoms with Crippen molar-refractivity contribution in [3.05, 3.63) is 0 Å². The second-order valence-corrected chi connectivity index (χ2v) is 5.53. The van der Waals surface area contributed by atoms with E-state index in [-0.39, 0.29) is 5.41 Å². The number of thioether (sulfide) groups is 1. The first-order valence-corrected chi connectivity index (χ1v) is 5.50. The van der Waals surface area contributed by atoms with Gasteiger partial charge >= 0.3 is 0 Å². The van der Waals surface area contributed by atoms with Crippen LogP contribution in [0.5, 0.6) is 0 Å². The van der Waals surface area contributed by atoms with Crippen molar-refractivity contribution in [2.45, 2.75) is 20.8 Å². The molecule has 1 rings (SSSR count). The summed E-state index contributed by atoms with van der Waals surface area (Å²) < 4.78 is 0. The molecule has 0 N–H and O–H groups in total. The van der Waals surface area contributed by atoms with Gasteiger partial charge in [0.05, 0.1) is 5.75 Å². The molecule has 12 heavy (non-hydrogen) atoms. The van der Waals surface area contributed by atoms with Crippen LogP contribution < -0.4 is 0 Å². The Morgan fingerprint density at radius 2 is 2.17 bits per heavy atom. The highest BCUT2D eigenvalue weighted by molar-refractivity contribution is 8.00. The lowest BCUT2D eigenvalue weighted by Gasteiger charge is -2.32. The van der Waals surface area contributed by atoms with E-state index >= 15 is 0 Å². The van der Waals surface area contributed by atoms with Crippen LogP contribution in [-0.4, -0.2) is 35.4 Å². The fraction of sp³-hybridized carbons (Fsp3) is 0.889. The smallest absolute Gasteiger partial charge is 0.232 e. The minimum absolute atomic E-state index is 0.234. The molecule has 70 valence electrons. The van der Waals surface area contributed by atoms with Gasteiger partial charge in [0.25, 0.3) is 0 Å². The summed E-state index contributed by atoms with van der Waals surface area (Å²) in [7, 11) is 0. The average molecular weight is 187 g/mol. The van der Waals surface area contributed by atoms with Crippen LogP contribution in [0.3, 0.4) is 0 Å². The molecule has 0 radical (unpaired) electrons. The van der Waals surface area contributed by atoms with E-state index in [4.69, 9.17) is 0 Å². The van der Waals surface area contributed by atoms with Crippen molar-refractivity contribution < 1.29 is 4.79 Å². The van der Waals surface area contributed by atoms with E-state index < -0.39 is 0 Å². The van der Waals surface area contributed by atoms with E-state index in [1.807, 2.05) is 4.90 Å². The largest absolute Gasteiger partial charge is 0.341 e. The normalized spacial score (nSPS) is 19.9. The molecule has 0 aromatic carbocycles. The summed E-state index contributed by atoms with van der Waals surface area (Å²) in [5, 5.41) is 0. The number of amides is 1. The lowest BCUT2D eigenvalue weighted by Crippen LogP contribution is -2.42. The number of carbonyl (C=O) groups excluding carboxylic acids is 1. The van der Waals surface area contributed by atoms with Crippen molar-refractivity contribution in [1.29, 1.82) is 0 Å². The van der Waals surface area contributed by atoms with Gasteiger partial charge in [-0.25, -0.2) is 0 Å². The van der Waals surface area contributed by atoms with Crippen LogP contribution in [0.25, 0.3) is 0 Å². The molecule has 1 heterocycles. The summed E-state index contributed by atoms with van der Waals surface area (Å²) in [4.78, 5) is 13.4. The van der Waals surface area contributed by atoms with Crippen LogP contribution in [0, 0.1) is 5.41 Å². The molecule has 3 heteroatoms. The minimum atomic E-state index is 0.234. The van der Waals surface area contributed by atoms with Gasteiger partial charge in [0, 0.05) is 18.8 Å². The quantitative estimate of drug-likeness (QED) is 0.621. The van der Waals surface area contributed by atoms with E-state index in [0.29, 0.717) is 11.7 Å². The lowest BCUT2D eigenvalue weighted by atomic mass is 9.96. The van der Waals surface area contributed by atoms with Crippen molar-refractivity contribution in [3.8, 4) is 0 Å². The Morgan fingerprint density at radius 1 is 1.50 bits per heavy atom. The summed E-state index contributed by atoms with van der Waals surface area (Å²) in [5.41, 5.74) is 0.234. The van der Waals surface area contributed by atoms with E-state index in [0.717, 1.165) is 18.8 Å². The van der Waals surface area contributed by atoms with Crippen molar-refractivity contribution in [1.82, 2.24) is 4.90 Å². The zero-order chi connectivity index (χ0) is 9.19. The Hall–Kier alpha value is -0.180. The Balaban J connectivity index is 2.45. The van der Waals surface area contributed by atoms with Crippen molar-refractivity contribution >= 4 is 17.7 Å².